The number of aromatic nitrogens is 1. The average Bonchev–Trinajstić information content (AvgIpc) is 2.69. The molecule has 0 saturated carbocycles. The Labute approximate surface area is 155 Å². The van der Waals surface area contributed by atoms with Crippen LogP contribution in [-0.4, -0.2) is 38.6 Å². The number of rotatable bonds is 7. The molecule has 2 aromatic rings. The molecule has 0 N–H and O–H groups in total. The van der Waals surface area contributed by atoms with Crippen LogP contribution in [-0.2, 0) is 16.1 Å². The van der Waals surface area contributed by atoms with Gasteiger partial charge in [0.2, 0.25) is 0 Å². The molecule has 0 radical (unpaired) electrons. The number of benzene rings is 1. The van der Waals surface area contributed by atoms with Gasteiger partial charge < -0.3 is 19.1 Å². The largest absolute Gasteiger partial charge is 0.487 e. The van der Waals surface area contributed by atoms with Gasteiger partial charge in [-0.2, -0.15) is 0 Å². The summed E-state index contributed by atoms with van der Waals surface area (Å²) in [6, 6.07) is 14.3. The van der Waals surface area contributed by atoms with Crippen molar-refractivity contribution in [1.29, 1.82) is 0 Å². The maximum absolute atomic E-state index is 5.93. The van der Waals surface area contributed by atoms with Crippen LogP contribution < -0.4 is 9.64 Å². The van der Waals surface area contributed by atoms with Gasteiger partial charge in [-0.1, -0.05) is 30.3 Å². The fourth-order valence-electron chi connectivity index (χ4n) is 3.48. The van der Waals surface area contributed by atoms with E-state index in [1.165, 1.54) is 0 Å². The minimum atomic E-state index is -0.111. The summed E-state index contributed by atoms with van der Waals surface area (Å²) in [6.45, 7) is 4.49. The van der Waals surface area contributed by atoms with Crippen LogP contribution in [0.2, 0.25) is 0 Å². The molecule has 3 rings (SSSR count). The van der Waals surface area contributed by atoms with Crippen LogP contribution in [0.25, 0.3) is 0 Å². The van der Waals surface area contributed by atoms with Gasteiger partial charge in [0, 0.05) is 33.2 Å². The Bertz CT molecular complexity index is 681. The van der Waals surface area contributed by atoms with Crippen molar-refractivity contribution in [3.05, 3.63) is 53.7 Å². The van der Waals surface area contributed by atoms with Crippen LogP contribution in [0, 0.1) is 12.8 Å². The molecule has 0 spiro atoms. The first kappa shape index (κ1) is 18.7. The number of pyridine rings is 1. The van der Waals surface area contributed by atoms with E-state index in [2.05, 4.69) is 23.1 Å². The number of hydrogen-bond donors (Lipinski definition) is 0. The molecule has 1 saturated heterocycles. The number of ether oxygens (including phenoxy) is 3. The molecule has 1 aromatic carbocycles. The van der Waals surface area contributed by atoms with Gasteiger partial charge in [0.1, 0.15) is 18.2 Å². The molecule has 2 heterocycles. The number of aryl methyl sites for hydroxylation is 1. The summed E-state index contributed by atoms with van der Waals surface area (Å²) in [5.41, 5.74) is 2.08. The molecule has 1 aliphatic heterocycles. The monoisotopic (exact) mass is 356 g/mol. The van der Waals surface area contributed by atoms with E-state index in [4.69, 9.17) is 19.2 Å². The summed E-state index contributed by atoms with van der Waals surface area (Å²) >= 11 is 0. The van der Waals surface area contributed by atoms with Gasteiger partial charge in [-0.05, 0) is 37.5 Å². The number of methoxy groups -OCH3 is 2. The Morgan fingerprint density at radius 3 is 2.35 bits per heavy atom. The van der Waals surface area contributed by atoms with Gasteiger partial charge in [0.05, 0.1) is 5.69 Å². The minimum Gasteiger partial charge on any atom is -0.487 e. The van der Waals surface area contributed by atoms with E-state index in [-0.39, 0.29) is 6.29 Å². The molecule has 0 unspecified atom stereocenters. The Kier molecular flexibility index (Phi) is 6.47. The van der Waals surface area contributed by atoms with Crippen molar-refractivity contribution in [1.82, 2.24) is 4.98 Å². The van der Waals surface area contributed by atoms with Crippen molar-refractivity contribution in [2.45, 2.75) is 32.7 Å². The van der Waals surface area contributed by atoms with Crippen LogP contribution in [0.5, 0.6) is 5.75 Å². The summed E-state index contributed by atoms with van der Waals surface area (Å²) in [5.74, 6) is 2.29. The predicted octanol–water partition coefficient (Wildman–Crippen LogP) is 3.80. The summed E-state index contributed by atoms with van der Waals surface area (Å²) in [6.07, 6.45) is 1.97. The summed E-state index contributed by atoms with van der Waals surface area (Å²) in [5, 5.41) is 0. The van der Waals surface area contributed by atoms with E-state index >= 15 is 0 Å². The Hall–Kier alpha value is -2.11. The molecule has 0 amide bonds. The lowest BCUT2D eigenvalue weighted by atomic mass is 9.96. The zero-order valence-electron chi connectivity index (χ0n) is 15.9. The van der Waals surface area contributed by atoms with Gasteiger partial charge in [0.15, 0.2) is 6.29 Å². The first-order valence-electron chi connectivity index (χ1n) is 9.16. The van der Waals surface area contributed by atoms with Crippen molar-refractivity contribution in [3.8, 4) is 5.75 Å². The maximum Gasteiger partial charge on any atom is 0.159 e. The van der Waals surface area contributed by atoms with Crippen molar-refractivity contribution < 1.29 is 14.2 Å². The molecule has 26 heavy (non-hydrogen) atoms. The molecule has 1 aromatic heterocycles. The van der Waals surface area contributed by atoms with Gasteiger partial charge in [0.25, 0.3) is 0 Å². The Morgan fingerprint density at radius 2 is 1.73 bits per heavy atom. The first-order valence-corrected chi connectivity index (χ1v) is 9.16. The van der Waals surface area contributed by atoms with E-state index in [1.54, 1.807) is 14.2 Å². The van der Waals surface area contributed by atoms with Crippen molar-refractivity contribution in [3.63, 3.8) is 0 Å². The molecule has 1 fully saturated rings. The lowest BCUT2D eigenvalue weighted by Crippen LogP contribution is -2.39. The van der Waals surface area contributed by atoms with Gasteiger partial charge in [-0.15, -0.1) is 0 Å². The second kappa shape index (κ2) is 9.01. The molecule has 0 aliphatic carbocycles. The molecule has 0 bridgehead atoms. The minimum absolute atomic E-state index is 0.111. The standard InChI is InChI=1S/C21H28N2O3/c1-16-19(26-15-17-7-5-4-6-8-17)9-10-20(22-16)23-13-11-18(12-14-23)21(24-2)25-3/h4-10,18,21H,11-15H2,1-3H3. The van der Waals surface area contributed by atoms with Crippen molar-refractivity contribution >= 4 is 5.82 Å². The summed E-state index contributed by atoms with van der Waals surface area (Å²) < 4.78 is 16.7. The zero-order chi connectivity index (χ0) is 18.4. The fourth-order valence-corrected chi connectivity index (χ4v) is 3.48. The SMILES string of the molecule is COC(OC)C1CCN(c2ccc(OCc3ccccc3)c(C)n2)CC1. The second-order valence-corrected chi connectivity index (χ2v) is 6.69. The average molecular weight is 356 g/mol. The van der Waals surface area contributed by atoms with E-state index in [9.17, 15) is 0 Å². The van der Waals surface area contributed by atoms with Gasteiger partial charge in [-0.25, -0.2) is 4.98 Å². The van der Waals surface area contributed by atoms with E-state index in [1.807, 2.05) is 31.2 Å². The van der Waals surface area contributed by atoms with Gasteiger partial charge >= 0.3 is 0 Å². The van der Waals surface area contributed by atoms with Crippen LogP contribution in [0.15, 0.2) is 42.5 Å². The predicted molar refractivity (Wildman–Crippen MR) is 102 cm³/mol. The Morgan fingerprint density at radius 1 is 1.04 bits per heavy atom. The summed E-state index contributed by atoms with van der Waals surface area (Å²) in [4.78, 5) is 7.08. The van der Waals surface area contributed by atoms with Crippen LogP contribution in [0.4, 0.5) is 5.82 Å². The molecule has 1 aliphatic rings. The normalized spacial score (nSPS) is 15.5. The van der Waals surface area contributed by atoms with E-state index in [0.29, 0.717) is 12.5 Å². The number of anilines is 1. The topological polar surface area (TPSA) is 43.8 Å². The second-order valence-electron chi connectivity index (χ2n) is 6.69. The molecule has 0 atom stereocenters. The highest BCUT2D eigenvalue weighted by Gasteiger charge is 2.27. The third-order valence-corrected chi connectivity index (χ3v) is 4.97. The third kappa shape index (κ3) is 4.54. The van der Waals surface area contributed by atoms with Crippen LogP contribution >= 0.6 is 0 Å². The fraction of sp³-hybridized carbons (Fsp3) is 0.476. The highest BCUT2D eigenvalue weighted by molar-refractivity contribution is 5.44. The zero-order valence-corrected chi connectivity index (χ0v) is 15.9. The summed E-state index contributed by atoms with van der Waals surface area (Å²) in [7, 11) is 3.42. The highest BCUT2D eigenvalue weighted by atomic mass is 16.7. The number of hydrogen-bond acceptors (Lipinski definition) is 5. The van der Waals surface area contributed by atoms with Crippen molar-refractivity contribution in [2.75, 3.05) is 32.2 Å². The van der Waals surface area contributed by atoms with E-state index < -0.39 is 0 Å². The molecule has 140 valence electrons. The van der Waals surface area contributed by atoms with Crippen LogP contribution in [0.3, 0.4) is 0 Å². The smallest absolute Gasteiger partial charge is 0.159 e. The third-order valence-electron chi connectivity index (χ3n) is 4.97. The number of piperidine rings is 1. The highest BCUT2D eigenvalue weighted by Crippen LogP contribution is 2.28. The maximum atomic E-state index is 5.93. The molecular formula is C21H28N2O3. The number of nitrogens with zero attached hydrogens (tertiary/aromatic N) is 2. The lowest BCUT2D eigenvalue weighted by molar-refractivity contribution is -0.141. The quantitative estimate of drug-likeness (QED) is 0.706. The first-order chi connectivity index (χ1) is 12.7. The lowest BCUT2D eigenvalue weighted by Gasteiger charge is -2.35. The van der Waals surface area contributed by atoms with Crippen molar-refractivity contribution in [2.24, 2.45) is 5.92 Å². The van der Waals surface area contributed by atoms with Gasteiger partial charge in [-0.3, -0.25) is 0 Å². The Balaban J connectivity index is 1.58. The molecule has 5 heteroatoms. The van der Waals surface area contributed by atoms with Crippen LogP contribution in [0.1, 0.15) is 24.1 Å². The molecular weight excluding hydrogens is 328 g/mol. The van der Waals surface area contributed by atoms with E-state index in [0.717, 1.165) is 48.8 Å². The molecule has 5 nitrogen and oxygen atoms in total.